The fraction of sp³-hybridized carbons (Fsp3) is 0.167. The summed E-state index contributed by atoms with van der Waals surface area (Å²) in [5, 5.41) is 15.7. The predicted octanol–water partition coefficient (Wildman–Crippen LogP) is 4.57. The Bertz CT molecular complexity index is 1140. The molecular formula is C18H11Br2F3N6O. The molecule has 2 heterocycles. The summed E-state index contributed by atoms with van der Waals surface area (Å²) in [5.74, 6) is -0.0728. The number of nitrogens with zero attached hydrogens (tertiary/aromatic N) is 5. The van der Waals surface area contributed by atoms with Crippen LogP contribution in [0.25, 0.3) is 5.82 Å². The van der Waals surface area contributed by atoms with Gasteiger partial charge in [-0.15, -0.1) is 5.10 Å². The largest absolute Gasteiger partial charge is 0.416 e. The fourth-order valence-corrected chi connectivity index (χ4v) is 3.39. The average Bonchev–Trinajstić information content (AvgIpc) is 3.08. The molecule has 3 aromatic rings. The van der Waals surface area contributed by atoms with E-state index in [-0.39, 0.29) is 14.8 Å². The van der Waals surface area contributed by atoms with Gasteiger partial charge in [-0.25, -0.2) is 9.97 Å². The van der Waals surface area contributed by atoms with Crippen LogP contribution in [0.4, 0.5) is 13.2 Å². The van der Waals surface area contributed by atoms with E-state index in [1.807, 2.05) is 6.07 Å². The first kappa shape index (κ1) is 21.9. The van der Waals surface area contributed by atoms with Crippen molar-refractivity contribution in [1.29, 1.82) is 5.26 Å². The quantitative estimate of drug-likeness (QED) is 0.520. The van der Waals surface area contributed by atoms with Gasteiger partial charge in [0.15, 0.2) is 11.6 Å². The molecule has 0 saturated carbocycles. The molecular weight excluding hydrogens is 533 g/mol. The zero-order valence-corrected chi connectivity index (χ0v) is 18.2. The number of aromatic nitrogens is 4. The highest BCUT2D eigenvalue weighted by Crippen LogP contribution is 2.32. The molecule has 12 heteroatoms. The van der Waals surface area contributed by atoms with Crippen LogP contribution in [0.5, 0.6) is 0 Å². The lowest BCUT2D eigenvalue weighted by molar-refractivity contribution is -0.137. The molecule has 1 N–H and O–H groups in total. The number of nitriles is 1. The van der Waals surface area contributed by atoms with Crippen LogP contribution in [0.3, 0.4) is 0 Å². The number of halogens is 5. The van der Waals surface area contributed by atoms with E-state index in [1.54, 1.807) is 19.1 Å². The second-order valence-electron chi connectivity index (χ2n) is 6.09. The highest BCUT2D eigenvalue weighted by Gasteiger charge is 2.32. The second kappa shape index (κ2) is 8.53. The van der Waals surface area contributed by atoms with Gasteiger partial charge in [-0.1, -0.05) is 15.9 Å². The maximum atomic E-state index is 13.0. The standard InChI is InChI=1S/C18H11Br2F3N6O/c1-9(26-16(30)11-4-12(18(21,22)23)6-13(19)5-11)15-27-17(20)28-29(15)14-3-2-10(7-24)8-25-14/h2-6,8-9H,1H3,(H,26,30). The summed E-state index contributed by atoms with van der Waals surface area (Å²) in [5.41, 5.74) is -0.747. The van der Waals surface area contributed by atoms with Crippen molar-refractivity contribution < 1.29 is 18.0 Å². The van der Waals surface area contributed by atoms with Crippen LogP contribution in [-0.2, 0) is 6.18 Å². The summed E-state index contributed by atoms with van der Waals surface area (Å²) >= 11 is 6.16. The lowest BCUT2D eigenvalue weighted by atomic mass is 10.1. The Morgan fingerprint density at radius 3 is 2.60 bits per heavy atom. The van der Waals surface area contributed by atoms with E-state index in [9.17, 15) is 18.0 Å². The third kappa shape index (κ3) is 4.85. The number of pyridine rings is 1. The van der Waals surface area contributed by atoms with Crippen molar-refractivity contribution in [2.75, 3.05) is 0 Å². The minimum Gasteiger partial charge on any atom is -0.342 e. The SMILES string of the molecule is CC(NC(=O)c1cc(Br)cc(C(F)(F)F)c1)c1nc(Br)nn1-c1ccc(C#N)cn1. The molecule has 154 valence electrons. The summed E-state index contributed by atoms with van der Waals surface area (Å²) < 4.78 is 40.8. The van der Waals surface area contributed by atoms with Gasteiger partial charge in [0, 0.05) is 16.2 Å². The number of carbonyl (C=O) groups is 1. The zero-order valence-electron chi connectivity index (χ0n) is 15.1. The topological polar surface area (TPSA) is 96.5 Å². The van der Waals surface area contributed by atoms with Gasteiger partial charge in [-0.2, -0.15) is 23.1 Å². The molecule has 1 unspecified atom stereocenters. The smallest absolute Gasteiger partial charge is 0.342 e. The van der Waals surface area contributed by atoms with Gasteiger partial charge in [0.2, 0.25) is 4.73 Å². The van der Waals surface area contributed by atoms with E-state index in [0.717, 1.165) is 12.1 Å². The minimum atomic E-state index is -4.59. The molecule has 0 bridgehead atoms. The zero-order chi connectivity index (χ0) is 22.1. The van der Waals surface area contributed by atoms with Gasteiger partial charge in [0.1, 0.15) is 6.07 Å². The van der Waals surface area contributed by atoms with Gasteiger partial charge in [0.25, 0.3) is 5.91 Å². The van der Waals surface area contributed by atoms with Crippen LogP contribution in [0.1, 0.15) is 40.3 Å². The second-order valence-corrected chi connectivity index (χ2v) is 7.71. The van der Waals surface area contributed by atoms with Crippen LogP contribution in [0, 0.1) is 11.3 Å². The number of amides is 1. The van der Waals surface area contributed by atoms with E-state index in [4.69, 9.17) is 5.26 Å². The van der Waals surface area contributed by atoms with Crippen molar-refractivity contribution in [1.82, 2.24) is 25.1 Å². The number of hydrogen-bond donors (Lipinski definition) is 1. The molecule has 1 aromatic carbocycles. The molecule has 0 saturated heterocycles. The maximum Gasteiger partial charge on any atom is 0.416 e. The van der Waals surface area contributed by atoms with Crippen molar-refractivity contribution in [3.8, 4) is 11.9 Å². The van der Waals surface area contributed by atoms with Gasteiger partial charge < -0.3 is 5.32 Å². The van der Waals surface area contributed by atoms with Crippen molar-refractivity contribution in [2.24, 2.45) is 0 Å². The lowest BCUT2D eigenvalue weighted by Crippen LogP contribution is -2.29. The van der Waals surface area contributed by atoms with Gasteiger partial charge in [-0.05, 0) is 53.2 Å². The Morgan fingerprint density at radius 1 is 1.27 bits per heavy atom. The average molecular weight is 544 g/mol. The summed E-state index contributed by atoms with van der Waals surface area (Å²) in [4.78, 5) is 20.9. The molecule has 0 aliphatic rings. The molecule has 0 spiro atoms. The third-order valence-electron chi connectivity index (χ3n) is 3.92. The molecule has 0 aliphatic heterocycles. The van der Waals surface area contributed by atoms with E-state index < -0.39 is 23.7 Å². The van der Waals surface area contributed by atoms with E-state index in [2.05, 4.69) is 52.2 Å². The van der Waals surface area contributed by atoms with E-state index >= 15 is 0 Å². The normalized spacial score (nSPS) is 12.3. The Morgan fingerprint density at radius 2 is 2.00 bits per heavy atom. The lowest BCUT2D eigenvalue weighted by Gasteiger charge is -2.15. The number of benzene rings is 1. The highest BCUT2D eigenvalue weighted by molar-refractivity contribution is 9.10. The van der Waals surface area contributed by atoms with Crippen molar-refractivity contribution in [3.63, 3.8) is 0 Å². The molecule has 0 radical (unpaired) electrons. The first-order valence-corrected chi connectivity index (χ1v) is 9.84. The molecule has 7 nitrogen and oxygen atoms in total. The number of rotatable bonds is 4. The van der Waals surface area contributed by atoms with E-state index in [0.29, 0.717) is 17.2 Å². The monoisotopic (exact) mass is 542 g/mol. The van der Waals surface area contributed by atoms with Crippen LogP contribution < -0.4 is 5.32 Å². The van der Waals surface area contributed by atoms with Crippen LogP contribution in [0.2, 0.25) is 0 Å². The van der Waals surface area contributed by atoms with Crippen LogP contribution >= 0.6 is 31.9 Å². The molecule has 0 aliphatic carbocycles. The van der Waals surface area contributed by atoms with Crippen molar-refractivity contribution in [2.45, 2.75) is 19.1 Å². The Hall–Kier alpha value is -2.78. The molecule has 2 aromatic heterocycles. The molecule has 3 rings (SSSR count). The minimum absolute atomic E-state index is 0.128. The molecule has 30 heavy (non-hydrogen) atoms. The predicted molar refractivity (Wildman–Crippen MR) is 107 cm³/mol. The molecule has 1 amide bonds. The summed E-state index contributed by atoms with van der Waals surface area (Å²) in [7, 11) is 0. The Kier molecular flexibility index (Phi) is 6.23. The molecule has 0 fully saturated rings. The van der Waals surface area contributed by atoms with Gasteiger partial charge >= 0.3 is 6.18 Å². The molecule has 1 atom stereocenters. The number of carbonyl (C=O) groups excluding carboxylic acids is 1. The maximum absolute atomic E-state index is 13.0. The van der Waals surface area contributed by atoms with Crippen LogP contribution in [0.15, 0.2) is 45.7 Å². The Labute approximate surface area is 185 Å². The van der Waals surface area contributed by atoms with E-state index in [1.165, 1.54) is 16.9 Å². The fourth-order valence-electron chi connectivity index (χ4n) is 2.55. The van der Waals surface area contributed by atoms with Crippen molar-refractivity contribution in [3.05, 3.63) is 68.2 Å². The number of hydrogen-bond acceptors (Lipinski definition) is 5. The summed E-state index contributed by atoms with van der Waals surface area (Å²) in [6.07, 6.45) is -3.23. The highest BCUT2D eigenvalue weighted by atomic mass is 79.9. The third-order valence-corrected chi connectivity index (χ3v) is 4.72. The van der Waals surface area contributed by atoms with Crippen LogP contribution in [-0.4, -0.2) is 25.7 Å². The first-order chi connectivity index (χ1) is 14.1. The summed E-state index contributed by atoms with van der Waals surface area (Å²) in [6.45, 7) is 1.61. The summed E-state index contributed by atoms with van der Waals surface area (Å²) in [6, 6.07) is 7.30. The van der Waals surface area contributed by atoms with Gasteiger partial charge in [0.05, 0.1) is 17.2 Å². The van der Waals surface area contributed by atoms with Crippen molar-refractivity contribution >= 4 is 37.8 Å². The van der Waals surface area contributed by atoms with Gasteiger partial charge in [-0.3, -0.25) is 4.79 Å². The first-order valence-electron chi connectivity index (χ1n) is 8.26. The number of nitrogens with one attached hydrogen (secondary N) is 1. The Balaban J connectivity index is 1.88. The number of alkyl halides is 3.